The Morgan fingerprint density at radius 2 is 2.00 bits per heavy atom. The third-order valence-electron chi connectivity index (χ3n) is 3.02. The maximum atomic E-state index is 13.5. The number of benzene rings is 2. The molecule has 0 bridgehead atoms. The van der Waals surface area contributed by atoms with E-state index >= 15 is 0 Å². The minimum Gasteiger partial charge on any atom is -0.491 e. The highest BCUT2D eigenvalue weighted by atomic mass is 35.5. The molecule has 7 heteroatoms. The molecule has 1 N–H and O–H groups in total. The Bertz CT molecular complexity index is 793. The lowest BCUT2D eigenvalue weighted by Crippen LogP contribution is -2.14. The molecule has 0 saturated carbocycles. The molecule has 4 nitrogen and oxygen atoms in total. The number of hydrogen-bond donors (Lipinski definition) is 1. The van der Waals surface area contributed by atoms with Gasteiger partial charge in [-0.1, -0.05) is 17.7 Å². The number of rotatable bonds is 5. The van der Waals surface area contributed by atoms with Crippen LogP contribution in [0.1, 0.15) is 12.5 Å². The van der Waals surface area contributed by atoms with Gasteiger partial charge < -0.3 is 4.74 Å². The summed E-state index contributed by atoms with van der Waals surface area (Å²) in [7, 11) is -3.87. The van der Waals surface area contributed by atoms with E-state index < -0.39 is 15.8 Å². The Labute approximate surface area is 133 Å². The average molecular weight is 344 g/mol. The summed E-state index contributed by atoms with van der Waals surface area (Å²) in [5.41, 5.74) is 0.981. The van der Waals surface area contributed by atoms with Crippen molar-refractivity contribution in [2.45, 2.75) is 18.7 Å². The van der Waals surface area contributed by atoms with Crippen LogP contribution in [0.15, 0.2) is 41.3 Å². The van der Waals surface area contributed by atoms with Crippen molar-refractivity contribution < 1.29 is 17.5 Å². The lowest BCUT2D eigenvalue weighted by Gasteiger charge is -2.12. The molecule has 22 heavy (non-hydrogen) atoms. The summed E-state index contributed by atoms with van der Waals surface area (Å²) in [5, 5.41) is 0.453. The second kappa shape index (κ2) is 6.54. The summed E-state index contributed by atoms with van der Waals surface area (Å²) in [6.07, 6.45) is 0. The monoisotopic (exact) mass is 343 g/mol. The number of nitrogens with one attached hydrogen (secondary N) is 1. The Kier molecular flexibility index (Phi) is 4.93. The molecular formula is C15H15ClFNO3S. The van der Waals surface area contributed by atoms with Gasteiger partial charge in [0.25, 0.3) is 10.0 Å². The molecule has 0 unspecified atom stereocenters. The lowest BCUT2D eigenvalue weighted by atomic mass is 10.2. The fourth-order valence-corrected chi connectivity index (χ4v) is 3.15. The van der Waals surface area contributed by atoms with Gasteiger partial charge in [-0.05, 0) is 43.7 Å². The Hall–Kier alpha value is -1.79. The number of sulfonamides is 1. The van der Waals surface area contributed by atoms with E-state index in [0.29, 0.717) is 16.3 Å². The van der Waals surface area contributed by atoms with Crippen molar-refractivity contribution in [1.82, 2.24) is 0 Å². The largest absolute Gasteiger partial charge is 0.491 e. The van der Waals surface area contributed by atoms with E-state index in [1.807, 2.05) is 0 Å². The van der Waals surface area contributed by atoms with Gasteiger partial charge in [0, 0.05) is 11.1 Å². The standard InChI is InChI=1S/C15H15ClFNO3S/c1-3-21-15-9-11(7-8-13(15)17)22(19,20)18-14-6-4-5-12(16)10(14)2/h4-9,18H,3H2,1-2H3. The molecule has 2 aromatic rings. The van der Waals surface area contributed by atoms with Crippen molar-refractivity contribution in [3.8, 4) is 5.75 Å². The lowest BCUT2D eigenvalue weighted by molar-refractivity contribution is 0.320. The van der Waals surface area contributed by atoms with Crippen molar-refractivity contribution in [3.05, 3.63) is 52.8 Å². The summed E-state index contributed by atoms with van der Waals surface area (Å²) in [6.45, 7) is 3.63. The van der Waals surface area contributed by atoms with Crippen LogP contribution in [0.2, 0.25) is 5.02 Å². The predicted octanol–water partition coefficient (Wildman–Crippen LogP) is 3.99. The maximum Gasteiger partial charge on any atom is 0.262 e. The van der Waals surface area contributed by atoms with Gasteiger partial charge in [-0.25, -0.2) is 12.8 Å². The van der Waals surface area contributed by atoms with Gasteiger partial charge in [-0.15, -0.1) is 0 Å². The normalized spacial score (nSPS) is 11.3. The summed E-state index contributed by atoms with van der Waals surface area (Å²) in [5.74, 6) is -0.715. The molecule has 118 valence electrons. The van der Waals surface area contributed by atoms with Crippen LogP contribution in [0.4, 0.5) is 10.1 Å². The van der Waals surface area contributed by atoms with Gasteiger partial charge in [0.2, 0.25) is 0 Å². The van der Waals surface area contributed by atoms with Crippen molar-refractivity contribution in [3.63, 3.8) is 0 Å². The van der Waals surface area contributed by atoms with Gasteiger partial charge in [0.1, 0.15) is 0 Å². The SMILES string of the molecule is CCOc1cc(S(=O)(=O)Nc2cccc(Cl)c2C)ccc1F. The molecule has 0 amide bonds. The number of hydrogen-bond acceptors (Lipinski definition) is 3. The zero-order valence-corrected chi connectivity index (χ0v) is 13.6. The van der Waals surface area contributed by atoms with E-state index in [1.54, 1.807) is 32.0 Å². The van der Waals surface area contributed by atoms with Crippen LogP contribution in [-0.4, -0.2) is 15.0 Å². The van der Waals surface area contributed by atoms with Crippen LogP contribution in [-0.2, 0) is 10.0 Å². The number of anilines is 1. The van der Waals surface area contributed by atoms with Crippen LogP contribution in [0.25, 0.3) is 0 Å². The molecular weight excluding hydrogens is 329 g/mol. The third kappa shape index (κ3) is 3.51. The first-order chi connectivity index (χ1) is 10.3. The fourth-order valence-electron chi connectivity index (χ4n) is 1.84. The first kappa shape index (κ1) is 16.6. The Balaban J connectivity index is 2.38. The van der Waals surface area contributed by atoms with E-state index in [4.69, 9.17) is 16.3 Å². The molecule has 0 aromatic heterocycles. The van der Waals surface area contributed by atoms with Crippen LogP contribution in [0.5, 0.6) is 5.75 Å². The third-order valence-corrected chi connectivity index (χ3v) is 4.80. The minimum atomic E-state index is -3.87. The van der Waals surface area contributed by atoms with Crippen molar-refractivity contribution in [2.24, 2.45) is 0 Å². The van der Waals surface area contributed by atoms with Crippen LogP contribution in [0.3, 0.4) is 0 Å². The summed E-state index contributed by atoms with van der Waals surface area (Å²) < 4.78 is 45.9. The summed E-state index contributed by atoms with van der Waals surface area (Å²) >= 11 is 5.97. The first-order valence-corrected chi connectivity index (χ1v) is 8.41. The van der Waals surface area contributed by atoms with Crippen molar-refractivity contribution in [2.75, 3.05) is 11.3 Å². The molecule has 0 aliphatic rings. The molecule has 0 spiro atoms. The zero-order valence-electron chi connectivity index (χ0n) is 12.1. The first-order valence-electron chi connectivity index (χ1n) is 6.55. The highest BCUT2D eigenvalue weighted by Gasteiger charge is 2.18. The maximum absolute atomic E-state index is 13.5. The molecule has 0 heterocycles. The zero-order chi connectivity index (χ0) is 16.3. The second-order valence-corrected chi connectivity index (χ2v) is 6.63. The molecule has 0 radical (unpaired) electrons. The molecule has 0 aliphatic heterocycles. The van der Waals surface area contributed by atoms with Gasteiger partial charge >= 0.3 is 0 Å². The summed E-state index contributed by atoms with van der Waals surface area (Å²) in [6, 6.07) is 8.31. The van der Waals surface area contributed by atoms with Crippen LogP contribution >= 0.6 is 11.6 Å². The average Bonchev–Trinajstić information content (AvgIpc) is 2.46. The molecule has 2 rings (SSSR count). The van der Waals surface area contributed by atoms with Crippen LogP contribution < -0.4 is 9.46 Å². The van der Waals surface area contributed by atoms with E-state index in [2.05, 4.69) is 4.72 Å². The number of ether oxygens (including phenoxy) is 1. The van der Waals surface area contributed by atoms with E-state index in [-0.39, 0.29) is 17.3 Å². The number of halogens is 2. The quantitative estimate of drug-likeness (QED) is 0.893. The fraction of sp³-hybridized carbons (Fsp3) is 0.200. The highest BCUT2D eigenvalue weighted by molar-refractivity contribution is 7.92. The summed E-state index contributed by atoms with van der Waals surface area (Å²) in [4.78, 5) is -0.0864. The second-order valence-electron chi connectivity index (χ2n) is 4.54. The highest BCUT2D eigenvalue weighted by Crippen LogP contribution is 2.27. The Morgan fingerprint density at radius 3 is 2.68 bits per heavy atom. The van der Waals surface area contributed by atoms with E-state index in [1.165, 1.54) is 6.07 Å². The molecule has 0 saturated heterocycles. The van der Waals surface area contributed by atoms with Crippen molar-refractivity contribution in [1.29, 1.82) is 0 Å². The van der Waals surface area contributed by atoms with Gasteiger partial charge in [-0.2, -0.15) is 0 Å². The predicted molar refractivity (Wildman–Crippen MR) is 84.6 cm³/mol. The van der Waals surface area contributed by atoms with E-state index in [9.17, 15) is 12.8 Å². The smallest absolute Gasteiger partial charge is 0.262 e. The minimum absolute atomic E-state index is 0.0864. The molecule has 0 atom stereocenters. The van der Waals surface area contributed by atoms with Crippen molar-refractivity contribution >= 4 is 27.3 Å². The van der Waals surface area contributed by atoms with Gasteiger partial charge in [0.15, 0.2) is 11.6 Å². The van der Waals surface area contributed by atoms with E-state index in [0.717, 1.165) is 12.1 Å². The van der Waals surface area contributed by atoms with Gasteiger partial charge in [-0.3, -0.25) is 4.72 Å². The molecule has 0 fully saturated rings. The van der Waals surface area contributed by atoms with Gasteiger partial charge in [0.05, 0.1) is 17.2 Å². The topological polar surface area (TPSA) is 55.4 Å². The molecule has 2 aromatic carbocycles. The Morgan fingerprint density at radius 1 is 1.27 bits per heavy atom. The molecule has 0 aliphatic carbocycles. The van der Waals surface area contributed by atoms with Crippen LogP contribution in [0, 0.1) is 12.7 Å².